The van der Waals surface area contributed by atoms with Gasteiger partial charge >= 0.3 is 0 Å². The monoisotopic (exact) mass is 294 g/mol. The van der Waals surface area contributed by atoms with Crippen molar-refractivity contribution in [2.45, 2.75) is 38.1 Å². The van der Waals surface area contributed by atoms with Crippen molar-refractivity contribution in [2.24, 2.45) is 0 Å². The number of halogens is 1. The van der Waals surface area contributed by atoms with Crippen molar-refractivity contribution >= 4 is 17.5 Å². The lowest BCUT2D eigenvalue weighted by Crippen LogP contribution is -2.45. The largest absolute Gasteiger partial charge is 0.339 e. The molecule has 0 aliphatic carbocycles. The Balaban J connectivity index is 1.96. The highest BCUT2D eigenvalue weighted by Crippen LogP contribution is 2.21. The van der Waals surface area contributed by atoms with Crippen LogP contribution in [0.5, 0.6) is 0 Å². The Hall–Kier alpha value is -1.06. The molecule has 1 aromatic rings. The minimum Gasteiger partial charge on any atom is -0.339 e. The molecule has 1 aliphatic rings. The van der Waals surface area contributed by atoms with Crippen molar-refractivity contribution in [1.29, 1.82) is 0 Å². The SMILES string of the molecule is CNCCC1CCCCN1C(=O)Cc1ccc(Cl)cc1. The first-order valence-corrected chi connectivity index (χ1v) is 7.77. The number of carbonyl (C=O) groups excluding carboxylic acids is 1. The van der Waals surface area contributed by atoms with Crippen LogP contribution < -0.4 is 5.32 Å². The number of nitrogens with zero attached hydrogens (tertiary/aromatic N) is 1. The maximum Gasteiger partial charge on any atom is 0.227 e. The van der Waals surface area contributed by atoms with Crippen molar-refractivity contribution in [3.63, 3.8) is 0 Å². The van der Waals surface area contributed by atoms with Gasteiger partial charge in [-0.05, 0) is 57.0 Å². The van der Waals surface area contributed by atoms with Crippen LogP contribution >= 0.6 is 11.6 Å². The number of hydrogen-bond donors (Lipinski definition) is 1. The number of hydrogen-bond acceptors (Lipinski definition) is 2. The first-order valence-electron chi connectivity index (χ1n) is 7.39. The average Bonchev–Trinajstić information content (AvgIpc) is 2.47. The summed E-state index contributed by atoms with van der Waals surface area (Å²) >= 11 is 5.87. The van der Waals surface area contributed by atoms with Crippen molar-refractivity contribution in [2.75, 3.05) is 20.1 Å². The predicted molar refractivity (Wildman–Crippen MR) is 83.1 cm³/mol. The van der Waals surface area contributed by atoms with Crippen LogP contribution in [-0.4, -0.2) is 37.0 Å². The van der Waals surface area contributed by atoms with Crippen molar-refractivity contribution in [1.82, 2.24) is 10.2 Å². The molecule has 1 heterocycles. The molecule has 1 aliphatic heterocycles. The maximum atomic E-state index is 12.5. The number of amides is 1. The third kappa shape index (κ3) is 4.22. The van der Waals surface area contributed by atoms with E-state index in [4.69, 9.17) is 11.6 Å². The first kappa shape index (κ1) is 15.3. The average molecular weight is 295 g/mol. The lowest BCUT2D eigenvalue weighted by molar-refractivity contribution is -0.134. The molecular formula is C16H23ClN2O. The number of piperidine rings is 1. The molecule has 0 saturated carbocycles. The van der Waals surface area contributed by atoms with Gasteiger partial charge in [-0.15, -0.1) is 0 Å². The summed E-state index contributed by atoms with van der Waals surface area (Å²) in [4.78, 5) is 14.6. The standard InChI is InChI=1S/C16H23ClN2O/c1-18-10-9-15-4-2-3-11-19(15)16(20)12-13-5-7-14(17)8-6-13/h5-8,15,18H,2-4,9-12H2,1H3. The quantitative estimate of drug-likeness (QED) is 0.906. The molecule has 0 bridgehead atoms. The van der Waals surface area contributed by atoms with Crippen LogP contribution in [0.3, 0.4) is 0 Å². The first-order chi connectivity index (χ1) is 9.70. The normalized spacial score (nSPS) is 19.1. The van der Waals surface area contributed by atoms with Crippen molar-refractivity contribution in [3.05, 3.63) is 34.9 Å². The van der Waals surface area contributed by atoms with Gasteiger partial charge in [0.05, 0.1) is 6.42 Å². The highest BCUT2D eigenvalue weighted by atomic mass is 35.5. The Morgan fingerprint density at radius 2 is 2.10 bits per heavy atom. The van der Waals surface area contributed by atoms with E-state index in [9.17, 15) is 4.79 Å². The maximum absolute atomic E-state index is 12.5. The van der Waals surface area contributed by atoms with E-state index < -0.39 is 0 Å². The molecule has 1 unspecified atom stereocenters. The second-order valence-corrected chi connectivity index (χ2v) is 5.87. The molecule has 1 atom stereocenters. The van der Waals surface area contributed by atoms with Crippen LogP contribution in [0.15, 0.2) is 24.3 Å². The predicted octanol–water partition coefficient (Wildman–Crippen LogP) is 2.87. The molecule has 0 spiro atoms. The van der Waals surface area contributed by atoms with Gasteiger partial charge in [0.2, 0.25) is 5.91 Å². The van der Waals surface area contributed by atoms with E-state index in [2.05, 4.69) is 10.2 Å². The molecule has 1 saturated heterocycles. The molecule has 2 rings (SSSR count). The highest BCUT2D eigenvalue weighted by molar-refractivity contribution is 6.30. The van der Waals surface area contributed by atoms with Gasteiger partial charge in [0.25, 0.3) is 0 Å². The molecule has 0 radical (unpaired) electrons. The molecule has 4 heteroatoms. The van der Waals surface area contributed by atoms with Gasteiger partial charge in [-0.3, -0.25) is 4.79 Å². The van der Waals surface area contributed by atoms with Crippen LogP contribution in [0.2, 0.25) is 5.02 Å². The van der Waals surface area contributed by atoms with E-state index >= 15 is 0 Å². The number of rotatable bonds is 5. The molecule has 0 aromatic heterocycles. The summed E-state index contributed by atoms with van der Waals surface area (Å²) in [5, 5.41) is 3.89. The van der Waals surface area contributed by atoms with E-state index in [1.807, 2.05) is 31.3 Å². The number of benzene rings is 1. The summed E-state index contributed by atoms with van der Waals surface area (Å²) in [6.07, 6.45) is 5.02. The molecule has 110 valence electrons. The van der Waals surface area contributed by atoms with Gasteiger partial charge in [0.15, 0.2) is 0 Å². The summed E-state index contributed by atoms with van der Waals surface area (Å²) in [6.45, 7) is 1.87. The Labute approximate surface area is 126 Å². The van der Waals surface area contributed by atoms with E-state index in [1.54, 1.807) is 0 Å². The number of carbonyl (C=O) groups is 1. The second-order valence-electron chi connectivity index (χ2n) is 5.43. The summed E-state index contributed by atoms with van der Waals surface area (Å²) in [7, 11) is 1.96. The van der Waals surface area contributed by atoms with Crippen molar-refractivity contribution in [3.8, 4) is 0 Å². The Bertz CT molecular complexity index is 433. The van der Waals surface area contributed by atoms with Gasteiger partial charge in [-0.1, -0.05) is 23.7 Å². The van der Waals surface area contributed by atoms with E-state index in [1.165, 1.54) is 6.42 Å². The Morgan fingerprint density at radius 3 is 2.80 bits per heavy atom. The smallest absolute Gasteiger partial charge is 0.227 e. The van der Waals surface area contributed by atoms with E-state index in [-0.39, 0.29) is 5.91 Å². The fourth-order valence-corrected chi connectivity index (χ4v) is 2.94. The number of nitrogens with one attached hydrogen (secondary N) is 1. The zero-order valence-electron chi connectivity index (χ0n) is 12.1. The summed E-state index contributed by atoms with van der Waals surface area (Å²) in [5.41, 5.74) is 1.04. The van der Waals surface area contributed by atoms with Gasteiger partial charge in [-0.2, -0.15) is 0 Å². The van der Waals surface area contributed by atoms with Gasteiger partial charge in [-0.25, -0.2) is 0 Å². The molecule has 3 nitrogen and oxygen atoms in total. The summed E-state index contributed by atoms with van der Waals surface area (Å²) < 4.78 is 0. The summed E-state index contributed by atoms with van der Waals surface area (Å²) in [6, 6.07) is 7.97. The van der Waals surface area contributed by atoms with E-state index in [0.717, 1.165) is 37.9 Å². The fourth-order valence-electron chi connectivity index (χ4n) is 2.82. The Morgan fingerprint density at radius 1 is 1.35 bits per heavy atom. The third-order valence-electron chi connectivity index (χ3n) is 3.94. The molecule has 1 aromatic carbocycles. The summed E-state index contributed by atoms with van der Waals surface area (Å²) in [5.74, 6) is 0.244. The van der Waals surface area contributed by atoms with Gasteiger partial charge in [0.1, 0.15) is 0 Å². The lowest BCUT2D eigenvalue weighted by Gasteiger charge is -2.36. The van der Waals surface area contributed by atoms with Crippen LogP contribution in [0.4, 0.5) is 0 Å². The van der Waals surface area contributed by atoms with Crippen LogP contribution in [0.25, 0.3) is 0 Å². The minimum atomic E-state index is 0.244. The minimum absolute atomic E-state index is 0.244. The zero-order chi connectivity index (χ0) is 14.4. The Kier molecular flexibility index (Phi) is 5.86. The third-order valence-corrected chi connectivity index (χ3v) is 4.20. The van der Waals surface area contributed by atoms with Crippen molar-refractivity contribution < 1.29 is 4.79 Å². The molecule has 1 fully saturated rings. The van der Waals surface area contributed by atoms with Gasteiger partial charge < -0.3 is 10.2 Å². The topological polar surface area (TPSA) is 32.3 Å². The second kappa shape index (κ2) is 7.65. The molecule has 1 N–H and O–H groups in total. The molecular weight excluding hydrogens is 272 g/mol. The van der Waals surface area contributed by atoms with Crippen LogP contribution in [0.1, 0.15) is 31.2 Å². The lowest BCUT2D eigenvalue weighted by atomic mass is 9.98. The van der Waals surface area contributed by atoms with E-state index in [0.29, 0.717) is 17.5 Å². The molecule has 20 heavy (non-hydrogen) atoms. The number of likely N-dealkylation sites (tertiary alicyclic amines) is 1. The fraction of sp³-hybridized carbons (Fsp3) is 0.562. The van der Waals surface area contributed by atoms with Crippen LogP contribution in [0, 0.1) is 0 Å². The van der Waals surface area contributed by atoms with Crippen LogP contribution in [-0.2, 0) is 11.2 Å². The zero-order valence-corrected chi connectivity index (χ0v) is 12.8. The molecule has 1 amide bonds. The highest BCUT2D eigenvalue weighted by Gasteiger charge is 2.25. The van der Waals surface area contributed by atoms with Gasteiger partial charge in [0, 0.05) is 17.6 Å².